The van der Waals surface area contributed by atoms with Gasteiger partial charge in [0, 0.05) is 0 Å². The number of nitrogens with zero attached hydrogens (tertiary/aromatic N) is 2. The minimum Gasteiger partial charge on any atom is -0.340 e. The Hall–Kier alpha value is -2.93. The molecular weight excluding hydrogens is 334 g/mol. The van der Waals surface area contributed by atoms with E-state index in [9.17, 15) is 4.79 Å². The van der Waals surface area contributed by atoms with Crippen LogP contribution in [0.15, 0.2) is 48.5 Å². The molecule has 6 nitrogen and oxygen atoms in total. The van der Waals surface area contributed by atoms with Gasteiger partial charge in [0.1, 0.15) is 10.8 Å². The van der Waals surface area contributed by atoms with Crippen molar-refractivity contribution in [2.75, 3.05) is 0 Å². The predicted octanol–water partition coefficient (Wildman–Crippen LogP) is 3.73. The number of hydrogen-bond acceptors (Lipinski definition) is 4. The summed E-state index contributed by atoms with van der Waals surface area (Å²) in [6.07, 6.45) is 0. The summed E-state index contributed by atoms with van der Waals surface area (Å²) in [6, 6.07) is 15.3. The molecule has 2 aromatic carbocycles. The van der Waals surface area contributed by atoms with Crippen LogP contribution in [0.1, 0.15) is 23.8 Å². The van der Waals surface area contributed by atoms with Crippen LogP contribution < -0.4 is 10.6 Å². The number of imidazole rings is 1. The molecule has 1 atom stereocenters. The average molecular weight is 351 g/mol. The largest absolute Gasteiger partial charge is 0.340 e. The molecule has 2 heterocycles. The molecule has 0 fully saturated rings. The van der Waals surface area contributed by atoms with Gasteiger partial charge in [-0.1, -0.05) is 24.3 Å². The summed E-state index contributed by atoms with van der Waals surface area (Å²) < 4.78 is 1.12. The molecule has 2 amide bonds. The SMILES string of the molecule is C[C@@H](NC(=O)NCc1nc2ccccc2s1)c1nc2ccccc2[nH]1. The van der Waals surface area contributed by atoms with Crippen molar-refractivity contribution in [2.24, 2.45) is 0 Å². The van der Waals surface area contributed by atoms with Crippen molar-refractivity contribution < 1.29 is 4.79 Å². The summed E-state index contributed by atoms with van der Waals surface area (Å²) in [4.78, 5) is 24.4. The van der Waals surface area contributed by atoms with Crippen LogP contribution in [0.5, 0.6) is 0 Å². The Kier molecular flexibility index (Phi) is 4.07. The van der Waals surface area contributed by atoms with Gasteiger partial charge in [-0.3, -0.25) is 0 Å². The van der Waals surface area contributed by atoms with Gasteiger partial charge in [0.05, 0.1) is 33.8 Å². The van der Waals surface area contributed by atoms with Crippen LogP contribution in [0.2, 0.25) is 0 Å². The van der Waals surface area contributed by atoms with Gasteiger partial charge in [0.25, 0.3) is 0 Å². The summed E-state index contributed by atoms with van der Waals surface area (Å²) in [5.74, 6) is 0.733. The average Bonchev–Trinajstić information content (AvgIpc) is 3.23. The lowest BCUT2D eigenvalue weighted by Crippen LogP contribution is -2.36. The van der Waals surface area contributed by atoms with Crippen molar-refractivity contribution in [2.45, 2.75) is 19.5 Å². The highest BCUT2D eigenvalue weighted by atomic mass is 32.1. The number of para-hydroxylation sites is 3. The maximum Gasteiger partial charge on any atom is 0.315 e. The van der Waals surface area contributed by atoms with Crippen LogP contribution in [0, 0.1) is 0 Å². The van der Waals surface area contributed by atoms with Crippen molar-refractivity contribution in [1.82, 2.24) is 25.6 Å². The molecule has 25 heavy (non-hydrogen) atoms. The van der Waals surface area contributed by atoms with Crippen molar-refractivity contribution in [3.05, 3.63) is 59.4 Å². The highest BCUT2D eigenvalue weighted by Crippen LogP contribution is 2.21. The van der Waals surface area contributed by atoms with Gasteiger partial charge < -0.3 is 15.6 Å². The minimum absolute atomic E-state index is 0.220. The number of amides is 2. The molecule has 0 bridgehead atoms. The quantitative estimate of drug-likeness (QED) is 0.524. The van der Waals surface area contributed by atoms with E-state index in [-0.39, 0.29) is 12.1 Å². The lowest BCUT2D eigenvalue weighted by molar-refractivity contribution is 0.237. The maximum absolute atomic E-state index is 12.1. The Morgan fingerprint density at radius 1 is 1.12 bits per heavy atom. The standard InChI is InChI=1S/C18H17N5OS/c1-11(17-22-12-6-2-3-7-13(12)23-17)20-18(24)19-10-16-21-14-8-4-5-9-15(14)25-16/h2-9,11H,10H2,1H3,(H,22,23)(H2,19,20,24)/t11-/m1/s1. The number of thiazole rings is 1. The number of carbonyl (C=O) groups excluding carboxylic acids is 1. The maximum atomic E-state index is 12.1. The number of aromatic amines is 1. The fourth-order valence-corrected chi connectivity index (χ4v) is 3.55. The summed E-state index contributed by atoms with van der Waals surface area (Å²) >= 11 is 1.59. The first-order valence-corrected chi connectivity index (χ1v) is 8.84. The van der Waals surface area contributed by atoms with Crippen molar-refractivity contribution in [1.29, 1.82) is 0 Å². The van der Waals surface area contributed by atoms with E-state index >= 15 is 0 Å². The van der Waals surface area contributed by atoms with Gasteiger partial charge in [0.15, 0.2) is 0 Å². The fraction of sp³-hybridized carbons (Fsp3) is 0.167. The zero-order chi connectivity index (χ0) is 17.2. The molecule has 3 N–H and O–H groups in total. The molecule has 0 aliphatic heterocycles. The van der Waals surface area contributed by atoms with Crippen LogP contribution in [0.3, 0.4) is 0 Å². The number of carbonyl (C=O) groups is 1. The molecule has 0 saturated heterocycles. The van der Waals surface area contributed by atoms with Gasteiger partial charge in [-0.2, -0.15) is 0 Å². The number of rotatable bonds is 4. The minimum atomic E-state index is -0.243. The molecule has 2 aromatic heterocycles. The van der Waals surface area contributed by atoms with Crippen LogP contribution in [-0.4, -0.2) is 21.0 Å². The van der Waals surface area contributed by atoms with E-state index in [1.54, 1.807) is 11.3 Å². The first kappa shape index (κ1) is 15.6. The lowest BCUT2D eigenvalue weighted by Gasteiger charge is -2.11. The van der Waals surface area contributed by atoms with Gasteiger partial charge in [-0.25, -0.2) is 14.8 Å². The second kappa shape index (κ2) is 6.52. The van der Waals surface area contributed by atoms with E-state index in [1.807, 2.05) is 55.5 Å². The van der Waals surface area contributed by atoms with Crippen LogP contribution in [0.4, 0.5) is 4.79 Å². The molecule has 4 aromatic rings. The second-order valence-corrected chi connectivity index (χ2v) is 6.88. The molecule has 0 spiro atoms. The third-order valence-corrected chi connectivity index (χ3v) is 4.94. The molecule has 0 unspecified atom stereocenters. The number of hydrogen-bond donors (Lipinski definition) is 3. The summed E-state index contributed by atoms with van der Waals surface area (Å²) in [5, 5.41) is 6.63. The topological polar surface area (TPSA) is 82.7 Å². The number of aromatic nitrogens is 3. The monoisotopic (exact) mass is 351 g/mol. The predicted molar refractivity (Wildman–Crippen MR) is 99.5 cm³/mol. The third-order valence-electron chi connectivity index (χ3n) is 3.90. The molecule has 0 radical (unpaired) electrons. The van der Waals surface area contributed by atoms with E-state index in [1.165, 1.54) is 0 Å². The first-order chi connectivity index (χ1) is 12.2. The van der Waals surface area contributed by atoms with Crippen LogP contribution in [-0.2, 0) is 6.54 Å². The highest BCUT2D eigenvalue weighted by molar-refractivity contribution is 7.18. The van der Waals surface area contributed by atoms with Crippen LogP contribution >= 0.6 is 11.3 Å². The summed E-state index contributed by atoms with van der Waals surface area (Å²) in [7, 11) is 0. The Labute approximate surface area is 148 Å². The van der Waals surface area contributed by atoms with Gasteiger partial charge in [-0.15, -0.1) is 11.3 Å². The number of H-pyrrole nitrogens is 1. The summed E-state index contributed by atoms with van der Waals surface area (Å²) in [5.41, 5.74) is 2.81. The molecule has 126 valence electrons. The Bertz CT molecular complexity index is 972. The number of urea groups is 1. The van der Waals surface area contributed by atoms with Gasteiger partial charge in [0.2, 0.25) is 0 Å². The molecule has 7 heteroatoms. The first-order valence-electron chi connectivity index (χ1n) is 8.02. The zero-order valence-electron chi connectivity index (χ0n) is 13.6. The van der Waals surface area contributed by atoms with Crippen molar-refractivity contribution in [3.63, 3.8) is 0 Å². The second-order valence-electron chi connectivity index (χ2n) is 5.76. The van der Waals surface area contributed by atoms with E-state index in [0.29, 0.717) is 6.54 Å². The molecule has 4 rings (SSSR count). The Balaban J connectivity index is 1.37. The molecule has 0 aliphatic rings. The van der Waals surface area contributed by atoms with E-state index in [0.717, 1.165) is 32.1 Å². The number of benzene rings is 2. The van der Waals surface area contributed by atoms with Crippen LogP contribution in [0.25, 0.3) is 21.3 Å². The lowest BCUT2D eigenvalue weighted by atomic mass is 10.3. The third kappa shape index (κ3) is 3.32. The molecular formula is C18H17N5OS. The van der Waals surface area contributed by atoms with Crippen molar-refractivity contribution in [3.8, 4) is 0 Å². The normalized spacial score (nSPS) is 12.4. The van der Waals surface area contributed by atoms with Gasteiger partial charge >= 0.3 is 6.03 Å². The Morgan fingerprint density at radius 3 is 2.68 bits per heavy atom. The Morgan fingerprint density at radius 2 is 1.88 bits per heavy atom. The van der Waals surface area contributed by atoms with E-state index < -0.39 is 0 Å². The van der Waals surface area contributed by atoms with Crippen molar-refractivity contribution >= 4 is 38.6 Å². The smallest absolute Gasteiger partial charge is 0.315 e. The number of fused-ring (bicyclic) bond motifs is 2. The summed E-state index contributed by atoms with van der Waals surface area (Å²) in [6.45, 7) is 2.30. The number of nitrogens with one attached hydrogen (secondary N) is 3. The molecule has 0 saturated carbocycles. The van der Waals surface area contributed by atoms with Gasteiger partial charge in [-0.05, 0) is 31.2 Å². The fourth-order valence-electron chi connectivity index (χ4n) is 2.65. The van der Waals surface area contributed by atoms with E-state index in [2.05, 4.69) is 25.6 Å². The molecule has 0 aliphatic carbocycles. The highest BCUT2D eigenvalue weighted by Gasteiger charge is 2.13. The zero-order valence-corrected chi connectivity index (χ0v) is 14.4. The van der Waals surface area contributed by atoms with E-state index in [4.69, 9.17) is 0 Å².